The lowest BCUT2D eigenvalue weighted by atomic mass is 10.0. The number of carbonyl (C=O) groups excluding carboxylic acids is 3. The molecule has 2 aromatic carbocycles. The standard InChI is InChI=1S/C23H18Cl2N4O3/c1-28-11-26-20(21(28)13-7-15(24)9-16(25)8-13)12-2-3-17-14(6-12)10-29(23(17)32)18-4-5-19(30)27-22(18)31/h2-3,6-9,11,18H,4-5,10H2,1H3,(H,27,30,31). The van der Waals surface area contributed by atoms with Gasteiger partial charge in [0.25, 0.3) is 5.91 Å². The van der Waals surface area contributed by atoms with Gasteiger partial charge in [-0.15, -0.1) is 0 Å². The van der Waals surface area contributed by atoms with Crippen molar-refractivity contribution in [3.63, 3.8) is 0 Å². The van der Waals surface area contributed by atoms with E-state index in [4.69, 9.17) is 23.2 Å². The molecule has 162 valence electrons. The van der Waals surface area contributed by atoms with Crippen LogP contribution in [0.5, 0.6) is 0 Å². The smallest absolute Gasteiger partial charge is 0.255 e. The first-order valence-corrected chi connectivity index (χ1v) is 10.8. The van der Waals surface area contributed by atoms with E-state index >= 15 is 0 Å². The Morgan fingerprint density at radius 1 is 1.03 bits per heavy atom. The van der Waals surface area contributed by atoms with Crippen LogP contribution in [0, 0.1) is 0 Å². The number of nitrogens with zero attached hydrogens (tertiary/aromatic N) is 3. The van der Waals surface area contributed by atoms with Crippen LogP contribution in [0.1, 0.15) is 28.8 Å². The number of fused-ring (bicyclic) bond motifs is 1. The summed E-state index contributed by atoms with van der Waals surface area (Å²) in [6, 6.07) is 10.2. The van der Waals surface area contributed by atoms with Crippen molar-refractivity contribution in [3.8, 4) is 22.5 Å². The summed E-state index contributed by atoms with van der Waals surface area (Å²) in [6.07, 6.45) is 2.27. The molecular weight excluding hydrogens is 451 g/mol. The normalized spacial score (nSPS) is 18.2. The largest absolute Gasteiger partial charge is 0.333 e. The Kier molecular flexibility index (Phi) is 5.03. The summed E-state index contributed by atoms with van der Waals surface area (Å²) < 4.78 is 1.89. The first-order chi connectivity index (χ1) is 15.3. The fourth-order valence-electron chi connectivity index (χ4n) is 4.39. The minimum absolute atomic E-state index is 0.205. The topological polar surface area (TPSA) is 84.3 Å². The van der Waals surface area contributed by atoms with Crippen molar-refractivity contribution >= 4 is 40.9 Å². The number of aryl methyl sites for hydroxylation is 1. The summed E-state index contributed by atoms with van der Waals surface area (Å²) in [5.74, 6) is -0.933. The Bertz CT molecular complexity index is 1280. The molecule has 0 radical (unpaired) electrons. The van der Waals surface area contributed by atoms with E-state index in [1.807, 2.05) is 35.9 Å². The zero-order chi connectivity index (χ0) is 22.6. The predicted molar refractivity (Wildman–Crippen MR) is 120 cm³/mol. The quantitative estimate of drug-likeness (QED) is 0.592. The molecule has 3 heterocycles. The second-order valence-electron chi connectivity index (χ2n) is 7.98. The predicted octanol–water partition coefficient (Wildman–Crippen LogP) is 3.82. The third-order valence-electron chi connectivity index (χ3n) is 5.87. The maximum atomic E-state index is 13.0. The molecule has 2 aliphatic heterocycles. The monoisotopic (exact) mass is 468 g/mol. The molecule has 1 fully saturated rings. The highest BCUT2D eigenvalue weighted by Crippen LogP contribution is 2.36. The molecule has 1 N–H and O–H groups in total. The van der Waals surface area contributed by atoms with E-state index in [-0.39, 0.29) is 18.2 Å². The number of halogens is 2. The summed E-state index contributed by atoms with van der Waals surface area (Å²) in [7, 11) is 1.89. The third-order valence-corrected chi connectivity index (χ3v) is 6.31. The summed E-state index contributed by atoms with van der Waals surface area (Å²) in [5.41, 5.74) is 4.63. The molecule has 0 spiro atoms. The first-order valence-electron chi connectivity index (χ1n) is 10.1. The van der Waals surface area contributed by atoms with Crippen LogP contribution in [-0.2, 0) is 23.2 Å². The molecule has 5 rings (SSSR count). The van der Waals surface area contributed by atoms with Gasteiger partial charge in [-0.1, -0.05) is 29.3 Å². The average Bonchev–Trinajstić information content (AvgIpc) is 3.27. The van der Waals surface area contributed by atoms with Crippen molar-refractivity contribution in [2.75, 3.05) is 0 Å². The Hall–Kier alpha value is -3.16. The number of benzene rings is 2. The maximum Gasteiger partial charge on any atom is 0.255 e. The van der Waals surface area contributed by atoms with Crippen LogP contribution in [0.2, 0.25) is 10.0 Å². The molecule has 1 atom stereocenters. The van der Waals surface area contributed by atoms with Crippen molar-refractivity contribution in [3.05, 3.63) is 63.9 Å². The van der Waals surface area contributed by atoms with Crippen molar-refractivity contribution in [1.82, 2.24) is 19.8 Å². The van der Waals surface area contributed by atoms with E-state index in [0.29, 0.717) is 28.6 Å². The number of aromatic nitrogens is 2. The third kappa shape index (κ3) is 3.47. The van der Waals surface area contributed by atoms with Gasteiger partial charge in [0.1, 0.15) is 6.04 Å². The number of imide groups is 1. The number of piperidine rings is 1. The van der Waals surface area contributed by atoms with Crippen LogP contribution in [0.3, 0.4) is 0 Å². The molecule has 0 saturated carbocycles. The molecule has 1 saturated heterocycles. The van der Waals surface area contributed by atoms with E-state index < -0.39 is 11.9 Å². The van der Waals surface area contributed by atoms with E-state index in [1.54, 1.807) is 18.5 Å². The Labute approximate surface area is 193 Å². The van der Waals surface area contributed by atoms with E-state index in [9.17, 15) is 14.4 Å². The summed E-state index contributed by atoms with van der Waals surface area (Å²) in [4.78, 5) is 42.8. The molecule has 0 aliphatic carbocycles. The highest BCUT2D eigenvalue weighted by molar-refractivity contribution is 6.35. The number of rotatable bonds is 3. The fraction of sp³-hybridized carbons (Fsp3) is 0.217. The molecule has 2 aliphatic rings. The highest BCUT2D eigenvalue weighted by Gasteiger charge is 2.39. The lowest BCUT2D eigenvalue weighted by Gasteiger charge is -2.29. The minimum atomic E-state index is -0.643. The van der Waals surface area contributed by atoms with E-state index in [2.05, 4.69) is 10.3 Å². The van der Waals surface area contributed by atoms with Gasteiger partial charge in [0.05, 0.1) is 17.7 Å². The SMILES string of the molecule is Cn1cnc(-c2ccc3c(c2)CN(C2CCC(=O)NC2=O)C3=O)c1-c1cc(Cl)cc(Cl)c1. The van der Waals surface area contributed by atoms with Gasteiger partial charge in [0.2, 0.25) is 11.8 Å². The van der Waals surface area contributed by atoms with Gasteiger partial charge in [-0.05, 0) is 42.3 Å². The minimum Gasteiger partial charge on any atom is -0.333 e. The van der Waals surface area contributed by atoms with Gasteiger partial charge in [-0.25, -0.2) is 4.98 Å². The van der Waals surface area contributed by atoms with Crippen molar-refractivity contribution in [2.45, 2.75) is 25.4 Å². The molecule has 1 unspecified atom stereocenters. The lowest BCUT2D eigenvalue weighted by Crippen LogP contribution is -2.52. The number of carbonyl (C=O) groups is 3. The van der Waals surface area contributed by atoms with Crippen molar-refractivity contribution in [1.29, 1.82) is 0 Å². The highest BCUT2D eigenvalue weighted by atomic mass is 35.5. The molecule has 3 aromatic rings. The fourth-order valence-corrected chi connectivity index (χ4v) is 4.92. The van der Waals surface area contributed by atoms with Crippen molar-refractivity contribution in [2.24, 2.45) is 7.05 Å². The van der Waals surface area contributed by atoms with Crippen LogP contribution in [0.25, 0.3) is 22.5 Å². The molecule has 7 nitrogen and oxygen atoms in total. The van der Waals surface area contributed by atoms with E-state index in [0.717, 1.165) is 28.1 Å². The van der Waals surface area contributed by atoms with Crippen LogP contribution in [0.4, 0.5) is 0 Å². The lowest BCUT2D eigenvalue weighted by molar-refractivity contribution is -0.136. The number of hydrogen-bond donors (Lipinski definition) is 1. The van der Waals surface area contributed by atoms with Gasteiger partial charge in [0.15, 0.2) is 0 Å². The summed E-state index contributed by atoms with van der Waals surface area (Å²) >= 11 is 12.4. The summed E-state index contributed by atoms with van der Waals surface area (Å²) in [6.45, 7) is 0.305. The van der Waals surface area contributed by atoms with Crippen LogP contribution < -0.4 is 5.32 Å². The van der Waals surface area contributed by atoms with Crippen LogP contribution in [0.15, 0.2) is 42.7 Å². The van der Waals surface area contributed by atoms with Gasteiger partial charge in [-0.3, -0.25) is 19.7 Å². The second-order valence-corrected chi connectivity index (χ2v) is 8.86. The molecule has 9 heteroatoms. The van der Waals surface area contributed by atoms with Gasteiger partial charge < -0.3 is 9.47 Å². The summed E-state index contributed by atoms with van der Waals surface area (Å²) in [5, 5.41) is 3.38. The molecule has 32 heavy (non-hydrogen) atoms. The van der Waals surface area contributed by atoms with Crippen molar-refractivity contribution < 1.29 is 14.4 Å². The van der Waals surface area contributed by atoms with E-state index in [1.165, 1.54) is 4.90 Å². The molecule has 3 amide bonds. The number of amides is 3. The zero-order valence-electron chi connectivity index (χ0n) is 17.1. The molecule has 1 aromatic heterocycles. The second kappa shape index (κ2) is 7.76. The zero-order valence-corrected chi connectivity index (χ0v) is 18.6. The van der Waals surface area contributed by atoms with Crippen LogP contribution >= 0.6 is 23.2 Å². The number of imidazole rings is 1. The Balaban J connectivity index is 1.51. The Morgan fingerprint density at radius 2 is 1.78 bits per heavy atom. The van der Waals surface area contributed by atoms with Gasteiger partial charge >= 0.3 is 0 Å². The van der Waals surface area contributed by atoms with Crippen LogP contribution in [-0.4, -0.2) is 38.2 Å². The van der Waals surface area contributed by atoms with Gasteiger partial charge in [-0.2, -0.15) is 0 Å². The number of hydrogen-bond acceptors (Lipinski definition) is 4. The maximum absolute atomic E-state index is 13.0. The van der Waals surface area contributed by atoms with Gasteiger partial charge in [0, 0.05) is 46.7 Å². The number of nitrogens with one attached hydrogen (secondary N) is 1. The first kappa shape index (κ1) is 20.7. The molecular formula is C23H18Cl2N4O3. The average molecular weight is 469 g/mol. The Morgan fingerprint density at radius 3 is 2.50 bits per heavy atom. The molecule has 0 bridgehead atoms.